The largest absolute Gasteiger partial charge is 0.477 e. The highest BCUT2D eigenvalue weighted by molar-refractivity contribution is 8.00. The van der Waals surface area contributed by atoms with Gasteiger partial charge in [0.25, 0.3) is 22.7 Å². The van der Waals surface area contributed by atoms with Crippen molar-refractivity contribution in [1.82, 2.24) is 15.2 Å². The van der Waals surface area contributed by atoms with Crippen molar-refractivity contribution >= 4 is 63.1 Å². The first-order valence-corrected chi connectivity index (χ1v) is 11.4. The number of nitrogen functional groups attached to an aromatic ring is 2. The number of carbonyl (C=O) groups excluding carboxylic acids is 2. The first-order valence-electron chi connectivity index (χ1n) is 9.51. The van der Waals surface area contributed by atoms with E-state index < -0.39 is 40.1 Å². The first-order chi connectivity index (χ1) is 16.1. The van der Waals surface area contributed by atoms with Crippen LogP contribution >= 0.6 is 23.1 Å². The lowest BCUT2D eigenvalue weighted by Gasteiger charge is -2.49. The number of thiazole rings is 1. The molecule has 0 radical (unpaired) electrons. The van der Waals surface area contributed by atoms with Gasteiger partial charge >= 0.3 is 5.97 Å². The summed E-state index contributed by atoms with van der Waals surface area (Å²) in [5.41, 5.74) is 9.22. The number of oxime groups is 1. The highest BCUT2D eigenvalue weighted by Crippen LogP contribution is 2.40. The van der Waals surface area contributed by atoms with Crippen molar-refractivity contribution in [3.05, 3.63) is 42.8 Å². The fourth-order valence-corrected chi connectivity index (χ4v) is 5.39. The number of aromatic nitrogens is 1. The number of aliphatic carboxylic acids is 1. The molecule has 4 rings (SSSR count). The van der Waals surface area contributed by atoms with E-state index in [1.807, 2.05) is 0 Å². The fraction of sp³-hybridized carbons (Fsp3) is 0.278. The van der Waals surface area contributed by atoms with Crippen molar-refractivity contribution in [2.24, 2.45) is 5.16 Å². The van der Waals surface area contributed by atoms with Gasteiger partial charge < -0.3 is 32.0 Å². The van der Waals surface area contributed by atoms with Crippen LogP contribution in [0.1, 0.15) is 5.69 Å². The molecule has 7 N–H and O–H groups in total. The number of nitrogens with zero attached hydrogens (tertiary/aromatic N) is 3. The smallest absolute Gasteiger partial charge is 0.352 e. The molecule has 2 atom stereocenters. The summed E-state index contributed by atoms with van der Waals surface area (Å²) < 4.78 is 0. The van der Waals surface area contributed by atoms with E-state index in [0.29, 0.717) is 5.57 Å². The number of β-lactam (4-membered cyclic amide) rings is 1. The number of thioether (sulfide) groups is 1. The molecule has 16 heteroatoms. The Bertz CT molecular complexity index is 1340. The first kappa shape index (κ1) is 23.2. The topological polar surface area (TPSA) is 219 Å². The minimum Gasteiger partial charge on any atom is -0.477 e. The number of carboxylic acids is 1. The Labute approximate surface area is 198 Å². The molecule has 2 amide bonds. The lowest BCUT2D eigenvalue weighted by molar-refractivity contribution is -0.150. The zero-order chi connectivity index (χ0) is 24.7. The molecular weight excluding hydrogens is 490 g/mol. The maximum Gasteiger partial charge on any atom is 0.352 e. The number of carbonyl (C=O) groups is 3. The molecule has 34 heavy (non-hydrogen) atoms. The van der Waals surface area contributed by atoms with Crippen LogP contribution in [0, 0.1) is 0 Å². The van der Waals surface area contributed by atoms with Crippen molar-refractivity contribution < 1.29 is 24.3 Å². The summed E-state index contributed by atoms with van der Waals surface area (Å²) in [6.07, 6.45) is 0. The van der Waals surface area contributed by atoms with Crippen LogP contribution in [0.5, 0.6) is 0 Å². The van der Waals surface area contributed by atoms with Crippen LogP contribution in [-0.2, 0) is 19.2 Å². The molecule has 0 saturated carbocycles. The summed E-state index contributed by atoms with van der Waals surface area (Å²) in [5, 5.41) is 19.6. The summed E-state index contributed by atoms with van der Waals surface area (Å²) in [4.78, 5) is 70.1. The Balaban J connectivity index is 1.50. The Morgan fingerprint density at radius 3 is 2.65 bits per heavy atom. The number of anilines is 3. The molecule has 1 saturated heterocycles. The van der Waals surface area contributed by atoms with E-state index in [9.17, 15) is 29.1 Å². The van der Waals surface area contributed by atoms with Crippen molar-refractivity contribution in [3.63, 3.8) is 0 Å². The number of nitrogens with one attached hydrogen (secondary N) is 2. The van der Waals surface area contributed by atoms with E-state index in [2.05, 4.69) is 20.8 Å². The molecule has 0 unspecified atom stereocenters. The van der Waals surface area contributed by atoms with E-state index >= 15 is 0 Å². The number of carboxylic acid groups (broad SMARTS) is 1. The fourth-order valence-electron chi connectivity index (χ4n) is 3.50. The van der Waals surface area contributed by atoms with E-state index in [1.165, 1.54) is 24.3 Å². The summed E-state index contributed by atoms with van der Waals surface area (Å²) >= 11 is 2.32. The molecule has 14 nitrogen and oxygen atoms in total. The van der Waals surface area contributed by atoms with Crippen molar-refractivity contribution in [2.75, 3.05) is 36.2 Å². The van der Waals surface area contributed by atoms with Gasteiger partial charge in [-0.1, -0.05) is 5.16 Å². The lowest BCUT2D eigenvalue weighted by Crippen LogP contribution is -2.71. The lowest BCUT2D eigenvalue weighted by atomic mass is 10.0. The molecule has 2 aromatic rings. The van der Waals surface area contributed by atoms with Gasteiger partial charge in [-0.2, -0.15) is 0 Å². The van der Waals surface area contributed by atoms with Crippen LogP contribution in [0.4, 0.5) is 16.5 Å². The van der Waals surface area contributed by atoms with Gasteiger partial charge in [-0.05, 0) is 5.57 Å². The zero-order valence-corrected chi connectivity index (χ0v) is 19.0. The average molecular weight is 508 g/mol. The number of fused-ring (bicyclic) bond motifs is 1. The van der Waals surface area contributed by atoms with Crippen LogP contribution in [0.2, 0.25) is 0 Å². The van der Waals surface area contributed by atoms with E-state index in [-0.39, 0.29) is 45.9 Å². The number of hydrogen-bond acceptors (Lipinski definition) is 13. The summed E-state index contributed by atoms with van der Waals surface area (Å²) in [7, 11) is 1.24. The molecule has 1 aromatic heterocycles. The molecule has 178 valence electrons. The minimum absolute atomic E-state index is 0.0814. The highest BCUT2D eigenvalue weighted by atomic mass is 32.2. The molecule has 3 heterocycles. The standard InChI is InChI=1S/C18H17N7O7S2/c1-32-24-8(6-4-34-18(20)22-6)14(28)23-10-15(29)25-11(17(30)31)5(3-33-16(10)25)2-21-9-7(19)12(26)13(9)27/h4,10,16,21H,2-3,19H2,1H3,(H2,20,22)(H,23,28)(H,30,31)/b24-8-/t10-,16-/m1/s1. The molecule has 0 spiro atoms. The Hall–Kier alpha value is -3.92. The Kier molecular flexibility index (Phi) is 6.01. The molecule has 1 aromatic carbocycles. The monoisotopic (exact) mass is 507 g/mol. The maximum atomic E-state index is 12.8. The molecule has 2 aliphatic heterocycles. The maximum absolute atomic E-state index is 12.8. The van der Waals surface area contributed by atoms with E-state index in [1.54, 1.807) is 0 Å². The number of hydrogen-bond donors (Lipinski definition) is 5. The van der Waals surface area contributed by atoms with Gasteiger partial charge in [-0.3, -0.25) is 24.1 Å². The second kappa shape index (κ2) is 8.79. The number of rotatable bonds is 8. The Morgan fingerprint density at radius 1 is 1.32 bits per heavy atom. The van der Waals surface area contributed by atoms with Crippen LogP contribution in [-0.4, -0.2) is 69.3 Å². The number of amides is 2. The van der Waals surface area contributed by atoms with Crippen LogP contribution in [0.3, 0.4) is 0 Å². The third kappa shape index (κ3) is 3.75. The van der Waals surface area contributed by atoms with E-state index in [0.717, 1.165) is 16.2 Å². The van der Waals surface area contributed by atoms with Gasteiger partial charge in [0.1, 0.15) is 41.3 Å². The molecular formula is C18H17N7O7S2. The van der Waals surface area contributed by atoms with Crippen LogP contribution in [0.25, 0.3) is 0 Å². The second-order valence-electron chi connectivity index (χ2n) is 7.11. The average Bonchev–Trinajstić information content (AvgIpc) is 3.25. The normalized spacial score (nSPS) is 20.1. The minimum atomic E-state index is -1.35. The Morgan fingerprint density at radius 2 is 2.06 bits per heavy atom. The summed E-state index contributed by atoms with van der Waals surface area (Å²) in [6.45, 7) is -0.104. The zero-order valence-electron chi connectivity index (χ0n) is 17.4. The van der Waals surface area contributed by atoms with Gasteiger partial charge in [0.2, 0.25) is 0 Å². The predicted octanol–water partition coefficient (Wildman–Crippen LogP) is -1.90. The van der Waals surface area contributed by atoms with Crippen molar-refractivity contribution in [1.29, 1.82) is 0 Å². The summed E-state index contributed by atoms with van der Waals surface area (Å²) in [5.74, 6) is -2.54. The SMILES string of the molecule is CO/N=C(\C(=O)N[C@@H]1C(=O)N2C(C(=O)O)=C(CNc3c(N)c(=O)c3=O)CS[C@H]12)c1csc(N)n1. The molecule has 0 bridgehead atoms. The predicted molar refractivity (Wildman–Crippen MR) is 124 cm³/mol. The van der Waals surface area contributed by atoms with Gasteiger partial charge in [-0.15, -0.1) is 23.1 Å². The van der Waals surface area contributed by atoms with Gasteiger partial charge in [0.15, 0.2) is 10.8 Å². The van der Waals surface area contributed by atoms with Gasteiger partial charge in [0.05, 0.1) is 0 Å². The third-order valence-corrected chi connectivity index (χ3v) is 7.14. The van der Waals surface area contributed by atoms with Crippen LogP contribution < -0.4 is 33.0 Å². The number of nitrogens with two attached hydrogens (primary N) is 2. The van der Waals surface area contributed by atoms with Gasteiger partial charge in [-0.25, -0.2) is 9.78 Å². The van der Waals surface area contributed by atoms with Crippen LogP contribution in [0.15, 0.2) is 31.4 Å². The van der Waals surface area contributed by atoms with E-state index in [4.69, 9.17) is 16.3 Å². The molecule has 0 aliphatic carbocycles. The quantitative estimate of drug-likeness (QED) is 0.114. The summed E-state index contributed by atoms with van der Waals surface area (Å²) in [6, 6.07) is -1.01. The van der Waals surface area contributed by atoms with Gasteiger partial charge in [0, 0.05) is 17.7 Å². The second-order valence-corrected chi connectivity index (χ2v) is 9.11. The molecule has 2 aliphatic rings. The van der Waals surface area contributed by atoms with Crippen molar-refractivity contribution in [2.45, 2.75) is 11.4 Å². The molecule has 1 fully saturated rings. The van der Waals surface area contributed by atoms with Crippen molar-refractivity contribution in [3.8, 4) is 0 Å². The third-order valence-electron chi connectivity index (χ3n) is 5.12. The highest BCUT2D eigenvalue weighted by Gasteiger charge is 2.54.